The molecule has 0 amide bonds. The summed E-state index contributed by atoms with van der Waals surface area (Å²) in [6.45, 7) is 11.3. The largest absolute Gasteiger partial charge is 0.481 e. The van der Waals surface area contributed by atoms with E-state index in [9.17, 15) is 15.0 Å². The molecule has 0 aliphatic carbocycles. The highest BCUT2D eigenvalue weighted by Crippen LogP contribution is 2.44. The van der Waals surface area contributed by atoms with Gasteiger partial charge in [-0.2, -0.15) is 0 Å². The highest BCUT2D eigenvalue weighted by Gasteiger charge is 2.52. The topological polar surface area (TPSA) is 94.4 Å². The van der Waals surface area contributed by atoms with E-state index < -0.39 is 17.0 Å². The number of aliphatic imine (C=N–C) groups is 1. The fourth-order valence-electron chi connectivity index (χ4n) is 6.08. The van der Waals surface area contributed by atoms with E-state index in [4.69, 9.17) is 21.3 Å². The Kier molecular flexibility index (Phi) is 7.88. The number of benzene rings is 2. The van der Waals surface area contributed by atoms with Crippen LogP contribution >= 0.6 is 11.6 Å². The first kappa shape index (κ1) is 27.4. The molecule has 37 heavy (non-hydrogen) atoms. The van der Waals surface area contributed by atoms with Gasteiger partial charge in [0.05, 0.1) is 16.6 Å². The highest BCUT2D eigenvalue weighted by atomic mass is 35.5. The predicted molar refractivity (Wildman–Crippen MR) is 147 cm³/mol. The van der Waals surface area contributed by atoms with Gasteiger partial charge in [0.25, 0.3) is 0 Å². The Balaban J connectivity index is 1.73. The Morgan fingerprint density at radius 3 is 2.65 bits per heavy atom. The summed E-state index contributed by atoms with van der Waals surface area (Å²) in [5, 5.41) is 25.2. The fraction of sp³-hybridized carbons (Fsp3) is 0.517. The fourth-order valence-corrected chi connectivity index (χ4v) is 6.25. The first-order valence-corrected chi connectivity index (χ1v) is 13.4. The summed E-state index contributed by atoms with van der Waals surface area (Å²) >= 11 is 6.29. The normalized spacial score (nSPS) is 20.9. The van der Waals surface area contributed by atoms with Crippen LogP contribution in [-0.4, -0.2) is 58.2 Å². The minimum atomic E-state index is -1.02. The van der Waals surface area contributed by atoms with Crippen molar-refractivity contribution < 1.29 is 19.7 Å². The van der Waals surface area contributed by atoms with Crippen LogP contribution in [0.4, 0.5) is 5.69 Å². The van der Waals surface area contributed by atoms with Crippen LogP contribution in [-0.2, 0) is 4.79 Å². The number of piperazine rings is 1. The summed E-state index contributed by atoms with van der Waals surface area (Å²) in [4.78, 5) is 20.2. The molecular weight excluding hydrogens is 490 g/mol. The van der Waals surface area contributed by atoms with Crippen molar-refractivity contribution in [1.82, 2.24) is 10.2 Å². The van der Waals surface area contributed by atoms with Gasteiger partial charge in [0.15, 0.2) is 5.75 Å². The summed E-state index contributed by atoms with van der Waals surface area (Å²) in [5.74, 6) is 1.09. The summed E-state index contributed by atoms with van der Waals surface area (Å²) in [6.07, 6.45) is 0.990. The monoisotopic (exact) mass is 527 g/mol. The maximum Gasteiger partial charge on any atom is 0.311 e. The summed E-state index contributed by atoms with van der Waals surface area (Å²) < 4.78 is 6.21. The average molecular weight is 528 g/mol. The number of aliphatic hydroxyl groups is 1. The lowest BCUT2D eigenvalue weighted by atomic mass is 9.62. The zero-order valence-electron chi connectivity index (χ0n) is 22.3. The van der Waals surface area contributed by atoms with Crippen molar-refractivity contribution in [2.75, 3.05) is 19.6 Å². The molecule has 7 nitrogen and oxygen atoms in total. The molecule has 1 fully saturated rings. The van der Waals surface area contributed by atoms with E-state index in [0.29, 0.717) is 54.7 Å². The molecule has 8 heteroatoms. The third-order valence-corrected chi connectivity index (χ3v) is 8.30. The van der Waals surface area contributed by atoms with E-state index in [1.807, 2.05) is 51.1 Å². The number of halogens is 1. The molecule has 2 aromatic carbocycles. The number of carboxylic acids is 1. The number of hydrogen-bond donors (Lipinski definition) is 3. The van der Waals surface area contributed by atoms with Crippen LogP contribution in [0.5, 0.6) is 11.5 Å². The van der Waals surface area contributed by atoms with Gasteiger partial charge < -0.3 is 25.2 Å². The zero-order chi connectivity index (χ0) is 27.0. The second-order valence-electron chi connectivity index (χ2n) is 11.1. The van der Waals surface area contributed by atoms with Crippen molar-refractivity contribution in [2.45, 2.75) is 59.1 Å². The maximum atomic E-state index is 13.0. The van der Waals surface area contributed by atoms with Crippen molar-refractivity contribution >= 4 is 29.1 Å². The lowest BCUT2D eigenvalue weighted by Gasteiger charge is -2.48. The number of nitrogens with one attached hydrogen (secondary N) is 1. The first-order valence-electron chi connectivity index (χ1n) is 13.1. The predicted octanol–water partition coefficient (Wildman–Crippen LogP) is 5.71. The van der Waals surface area contributed by atoms with Crippen molar-refractivity contribution in [2.24, 2.45) is 22.2 Å². The molecule has 2 aliphatic rings. The summed E-state index contributed by atoms with van der Waals surface area (Å²) in [6, 6.07) is 12.9. The lowest BCUT2D eigenvalue weighted by Crippen LogP contribution is -2.64. The van der Waals surface area contributed by atoms with Crippen LogP contribution in [0.15, 0.2) is 47.5 Å². The molecule has 0 radical (unpaired) electrons. The third kappa shape index (κ3) is 5.49. The first-order chi connectivity index (χ1) is 17.5. The molecule has 4 rings (SSSR count). The molecule has 200 valence electrons. The molecule has 0 saturated carbocycles. The number of hydrogen-bond acceptors (Lipinski definition) is 6. The van der Waals surface area contributed by atoms with Gasteiger partial charge in [0, 0.05) is 30.7 Å². The minimum Gasteiger partial charge on any atom is -0.481 e. The molecule has 2 unspecified atom stereocenters. The second kappa shape index (κ2) is 10.6. The quantitative estimate of drug-likeness (QED) is 0.427. The summed E-state index contributed by atoms with van der Waals surface area (Å²) in [7, 11) is 0. The van der Waals surface area contributed by atoms with E-state index in [2.05, 4.69) is 10.2 Å². The number of para-hydroxylation sites is 1. The van der Waals surface area contributed by atoms with Crippen LogP contribution < -0.4 is 10.1 Å². The maximum absolute atomic E-state index is 13.0. The van der Waals surface area contributed by atoms with Gasteiger partial charge in [-0.1, -0.05) is 44.5 Å². The van der Waals surface area contributed by atoms with Crippen LogP contribution in [0, 0.1) is 17.3 Å². The minimum absolute atomic E-state index is 0.00610. The van der Waals surface area contributed by atoms with Crippen molar-refractivity contribution in [3.63, 3.8) is 0 Å². The van der Waals surface area contributed by atoms with Gasteiger partial charge in [0.2, 0.25) is 0 Å². The standard InChI is InChI=1S/C29H38ClN3O4/c1-6-29(27(34)35,19(3)18(2)16-28(4,5)36)25-17-33(14-13-31-25)26-21-9-7-8-10-23(21)37-24-12-11-20(30)15-22(24)32-26/h7-12,15,18-19,25,31,36H,6,13-14,16-17H2,1-5H3,(H,34,35)/t18?,19?,25-,29-/m1/s1. The molecule has 4 atom stereocenters. The number of fused-ring (bicyclic) bond motifs is 2. The Hall–Kier alpha value is -2.61. The van der Waals surface area contributed by atoms with Crippen LogP contribution in [0.3, 0.4) is 0 Å². The van der Waals surface area contributed by atoms with E-state index >= 15 is 0 Å². The Morgan fingerprint density at radius 1 is 1.24 bits per heavy atom. The number of amidine groups is 1. The lowest BCUT2D eigenvalue weighted by molar-refractivity contribution is -0.158. The van der Waals surface area contributed by atoms with Gasteiger partial charge in [-0.3, -0.25) is 4.79 Å². The zero-order valence-corrected chi connectivity index (χ0v) is 23.0. The SMILES string of the molecule is CC[C@@](C(=O)O)(C(C)C(C)CC(C)(C)O)[C@H]1CN(C2=Nc3cc(Cl)ccc3Oc3ccccc32)CCN1. The number of ether oxygens (including phenoxy) is 1. The van der Waals surface area contributed by atoms with Gasteiger partial charge in [-0.15, -0.1) is 0 Å². The van der Waals surface area contributed by atoms with Crippen molar-refractivity contribution in [3.8, 4) is 11.5 Å². The van der Waals surface area contributed by atoms with E-state index in [-0.39, 0.29) is 17.9 Å². The van der Waals surface area contributed by atoms with Crippen LogP contribution in [0.2, 0.25) is 5.02 Å². The molecule has 0 bridgehead atoms. The second-order valence-corrected chi connectivity index (χ2v) is 11.5. The number of carbonyl (C=O) groups is 1. The van der Waals surface area contributed by atoms with E-state index in [0.717, 1.165) is 11.4 Å². The smallest absolute Gasteiger partial charge is 0.311 e. The highest BCUT2D eigenvalue weighted by molar-refractivity contribution is 6.31. The molecule has 1 saturated heterocycles. The van der Waals surface area contributed by atoms with Gasteiger partial charge in [0.1, 0.15) is 17.3 Å². The van der Waals surface area contributed by atoms with Gasteiger partial charge in [-0.25, -0.2) is 4.99 Å². The molecular formula is C29H38ClN3O4. The Labute approximate surface area is 224 Å². The van der Waals surface area contributed by atoms with Crippen molar-refractivity contribution in [3.05, 3.63) is 53.1 Å². The van der Waals surface area contributed by atoms with E-state index in [1.54, 1.807) is 26.0 Å². The van der Waals surface area contributed by atoms with Crippen LogP contribution in [0.1, 0.15) is 53.0 Å². The number of nitrogens with zero attached hydrogens (tertiary/aromatic N) is 2. The summed E-state index contributed by atoms with van der Waals surface area (Å²) in [5.41, 5.74) is -0.394. The average Bonchev–Trinajstić information content (AvgIpc) is 3.00. The van der Waals surface area contributed by atoms with Gasteiger partial charge >= 0.3 is 5.97 Å². The molecule has 0 spiro atoms. The van der Waals surface area contributed by atoms with E-state index in [1.165, 1.54) is 0 Å². The molecule has 2 aromatic rings. The van der Waals surface area contributed by atoms with Crippen molar-refractivity contribution in [1.29, 1.82) is 0 Å². The number of rotatable bonds is 7. The molecule has 2 aliphatic heterocycles. The number of aliphatic carboxylic acids is 1. The molecule has 2 heterocycles. The third-order valence-electron chi connectivity index (χ3n) is 8.06. The Morgan fingerprint density at radius 2 is 1.97 bits per heavy atom. The van der Waals surface area contributed by atoms with Gasteiger partial charge in [-0.05, 0) is 68.9 Å². The number of carboxylic acid groups (broad SMARTS) is 1. The molecule has 3 N–H and O–H groups in total. The molecule has 0 aromatic heterocycles. The van der Waals surface area contributed by atoms with Crippen LogP contribution in [0.25, 0.3) is 0 Å². The Bertz CT molecular complexity index is 1180.